The van der Waals surface area contributed by atoms with Crippen LogP contribution in [-0.2, 0) is 4.79 Å². The standard InChI is InChI=1S/C18H22O6/c1-18(2,3)17(20)24-14-12-10(8-7-9-11(12)21-4)13(19)15(22-5)16(14)23-6/h7-9,19H,1-6H3. The summed E-state index contributed by atoms with van der Waals surface area (Å²) in [6.45, 7) is 5.25. The molecule has 0 spiro atoms. The number of phenolic OH excluding ortho intramolecular Hbond substituents is 1. The highest BCUT2D eigenvalue weighted by Crippen LogP contribution is 2.53. The largest absolute Gasteiger partial charge is 0.504 e. The molecule has 2 aromatic rings. The first-order valence-electron chi connectivity index (χ1n) is 7.42. The zero-order valence-electron chi connectivity index (χ0n) is 14.7. The van der Waals surface area contributed by atoms with Crippen molar-refractivity contribution in [3.8, 4) is 28.7 Å². The molecule has 0 saturated heterocycles. The van der Waals surface area contributed by atoms with Gasteiger partial charge in [-0.3, -0.25) is 4.79 Å². The summed E-state index contributed by atoms with van der Waals surface area (Å²) in [6.07, 6.45) is 0. The van der Waals surface area contributed by atoms with Crippen molar-refractivity contribution in [1.82, 2.24) is 0 Å². The lowest BCUT2D eigenvalue weighted by molar-refractivity contribution is -0.143. The molecule has 130 valence electrons. The maximum atomic E-state index is 12.4. The van der Waals surface area contributed by atoms with Crippen molar-refractivity contribution in [2.24, 2.45) is 5.41 Å². The number of methoxy groups -OCH3 is 3. The van der Waals surface area contributed by atoms with Crippen molar-refractivity contribution in [2.45, 2.75) is 20.8 Å². The Morgan fingerprint density at radius 1 is 0.958 bits per heavy atom. The van der Waals surface area contributed by atoms with Crippen molar-refractivity contribution in [1.29, 1.82) is 0 Å². The predicted molar refractivity (Wildman–Crippen MR) is 90.4 cm³/mol. The van der Waals surface area contributed by atoms with Gasteiger partial charge in [0, 0.05) is 5.39 Å². The average Bonchev–Trinajstić information content (AvgIpc) is 2.55. The third-order valence-electron chi connectivity index (χ3n) is 3.57. The molecule has 0 unspecified atom stereocenters. The van der Waals surface area contributed by atoms with E-state index in [-0.39, 0.29) is 23.0 Å². The Kier molecular flexibility index (Phi) is 4.78. The van der Waals surface area contributed by atoms with Gasteiger partial charge in [0.2, 0.25) is 11.5 Å². The second-order valence-corrected chi connectivity index (χ2v) is 6.27. The number of hydrogen-bond acceptors (Lipinski definition) is 6. The van der Waals surface area contributed by atoms with Crippen LogP contribution in [0.5, 0.6) is 28.7 Å². The molecule has 0 amide bonds. The Hall–Kier alpha value is -2.63. The topological polar surface area (TPSA) is 74.2 Å². The van der Waals surface area contributed by atoms with E-state index in [1.165, 1.54) is 21.3 Å². The highest BCUT2D eigenvalue weighted by molar-refractivity contribution is 6.03. The van der Waals surface area contributed by atoms with E-state index in [0.717, 1.165) is 0 Å². The zero-order chi connectivity index (χ0) is 18.1. The lowest BCUT2D eigenvalue weighted by atomic mass is 9.97. The first kappa shape index (κ1) is 17.7. The van der Waals surface area contributed by atoms with E-state index in [4.69, 9.17) is 18.9 Å². The Balaban J connectivity index is 2.87. The predicted octanol–water partition coefficient (Wildman–Crippen LogP) is 3.52. The second kappa shape index (κ2) is 6.47. The normalized spacial score (nSPS) is 11.2. The van der Waals surface area contributed by atoms with Crippen molar-refractivity contribution < 1.29 is 28.8 Å². The van der Waals surface area contributed by atoms with Crippen LogP contribution in [0.25, 0.3) is 10.8 Å². The molecule has 0 heterocycles. The van der Waals surface area contributed by atoms with E-state index in [0.29, 0.717) is 16.5 Å². The van der Waals surface area contributed by atoms with E-state index >= 15 is 0 Å². The third kappa shape index (κ3) is 2.91. The maximum Gasteiger partial charge on any atom is 0.316 e. The molecule has 0 atom stereocenters. The van der Waals surface area contributed by atoms with Crippen molar-refractivity contribution in [3.05, 3.63) is 18.2 Å². The van der Waals surface area contributed by atoms with Crippen LogP contribution in [0, 0.1) is 5.41 Å². The van der Waals surface area contributed by atoms with Crippen LogP contribution >= 0.6 is 0 Å². The Morgan fingerprint density at radius 2 is 1.58 bits per heavy atom. The van der Waals surface area contributed by atoms with Gasteiger partial charge in [0.05, 0.1) is 32.1 Å². The van der Waals surface area contributed by atoms with Crippen molar-refractivity contribution >= 4 is 16.7 Å². The van der Waals surface area contributed by atoms with Gasteiger partial charge in [-0.05, 0) is 26.8 Å². The highest BCUT2D eigenvalue weighted by atomic mass is 16.6. The molecule has 0 radical (unpaired) electrons. The van der Waals surface area contributed by atoms with Crippen LogP contribution in [0.3, 0.4) is 0 Å². The molecule has 0 aliphatic carbocycles. The fourth-order valence-corrected chi connectivity index (χ4v) is 2.30. The van der Waals surface area contributed by atoms with Gasteiger partial charge in [-0.2, -0.15) is 0 Å². The minimum atomic E-state index is -0.718. The maximum absolute atomic E-state index is 12.4. The quantitative estimate of drug-likeness (QED) is 0.681. The van der Waals surface area contributed by atoms with Crippen LogP contribution in [0.1, 0.15) is 20.8 Å². The zero-order valence-corrected chi connectivity index (χ0v) is 14.7. The molecule has 0 aromatic heterocycles. The number of carbonyl (C=O) groups is 1. The van der Waals surface area contributed by atoms with E-state index in [1.54, 1.807) is 39.0 Å². The summed E-state index contributed by atoms with van der Waals surface area (Å²) in [6, 6.07) is 5.12. The summed E-state index contributed by atoms with van der Waals surface area (Å²) in [4.78, 5) is 12.4. The molecule has 2 rings (SSSR count). The fourth-order valence-electron chi connectivity index (χ4n) is 2.30. The molecule has 0 aliphatic heterocycles. The minimum absolute atomic E-state index is 0.0926. The van der Waals surface area contributed by atoms with Gasteiger partial charge < -0.3 is 24.1 Å². The number of hydrogen-bond donors (Lipinski definition) is 1. The number of esters is 1. The molecule has 2 aromatic carbocycles. The molecule has 0 aliphatic rings. The van der Waals surface area contributed by atoms with Crippen LogP contribution in [0.2, 0.25) is 0 Å². The molecule has 24 heavy (non-hydrogen) atoms. The summed E-state index contributed by atoms with van der Waals surface area (Å²) in [7, 11) is 4.31. The minimum Gasteiger partial charge on any atom is -0.504 e. The second-order valence-electron chi connectivity index (χ2n) is 6.27. The van der Waals surface area contributed by atoms with Crippen molar-refractivity contribution in [2.75, 3.05) is 21.3 Å². The van der Waals surface area contributed by atoms with Gasteiger partial charge in [-0.25, -0.2) is 0 Å². The first-order valence-corrected chi connectivity index (χ1v) is 7.42. The van der Waals surface area contributed by atoms with Gasteiger partial charge in [0.15, 0.2) is 11.5 Å². The van der Waals surface area contributed by atoms with E-state index in [9.17, 15) is 9.90 Å². The molecule has 0 fully saturated rings. The van der Waals surface area contributed by atoms with Gasteiger partial charge >= 0.3 is 5.97 Å². The Bertz CT molecular complexity index is 773. The highest BCUT2D eigenvalue weighted by Gasteiger charge is 2.30. The van der Waals surface area contributed by atoms with Gasteiger partial charge in [0.1, 0.15) is 5.75 Å². The average molecular weight is 334 g/mol. The van der Waals surface area contributed by atoms with Crippen molar-refractivity contribution in [3.63, 3.8) is 0 Å². The van der Waals surface area contributed by atoms with Crippen LogP contribution < -0.4 is 18.9 Å². The van der Waals surface area contributed by atoms with Crippen LogP contribution in [0.15, 0.2) is 18.2 Å². The van der Waals surface area contributed by atoms with Gasteiger partial charge in [-0.1, -0.05) is 12.1 Å². The summed E-state index contributed by atoms with van der Waals surface area (Å²) < 4.78 is 21.6. The van der Waals surface area contributed by atoms with Crippen LogP contribution in [0.4, 0.5) is 0 Å². The van der Waals surface area contributed by atoms with Gasteiger partial charge in [-0.15, -0.1) is 0 Å². The summed E-state index contributed by atoms with van der Waals surface area (Å²) in [5.41, 5.74) is -0.718. The fraction of sp³-hybridized carbons (Fsp3) is 0.389. The number of phenols is 1. The SMILES string of the molecule is COc1c(OC)c(OC(=O)C(C)(C)C)c2c(OC)cccc2c1O. The van der Waals surface area contributed by atoms with E-state index < -0.39 is 11.4 Å². The van der Waals surface area contributed by atoms with Crippen LogP contribution in [-0.4, -0.2) is 32.4 Å². The van der Waals surface area contributed by atoms with E-state index in [1.807, 2.05) is 0 Å². The third-order valence-corrected chi connectivity index (χ3v) is 3.57. The molecular weight excluding hydrogens is 312 g/mol. The molecule has 0 saturated carbocycles. The summed E-state index contributed by atoms with van der Waals surface area (Å²) in [5, 5.41) is 11.4. The monoisotopic (exact) mass is 334 g/mol. The number of rotatable bonds is 4. The lowest BCUT2D eigenvalue weighted by Crippen LogP contribution is -2.26. The molecule has 6 nitrogen and oxygen atoms in total. The molecular formula is C18H22O6. The Morgan fingerprint density at radius 3 is 2.08 bits per heavy atom. The first-order chi connectivity index (χ1) is 11.3. The van der Waals surface area contributed by atoms with E-state index in [2.05, 4.69) is 0 Å². The number of benzene rings is 2. The Labute approximate surface area is 140 Å². The summed E-state index contributed by atoms with van der Waals surface area (Å²) >= 11 is 0. The number of ether oxygens (including phenoxy) is 4. The number of fused-ring (bicyclic) bond motifs is 1. The number of carbonyl (C=O) groups excluding carboxylic acids is 1. The molecule has 6 heteroatoms. The van der Waals surface area contributed by atoms with Gasteiger partial charge in [0.25, 0.3) is 0 Å². The number of aromatic hydroxyl groups is 1. The smallest absolute Gasteiger partial charge is 0.316 e. The summed E-state index contributed by atoms with van der Waals surface area (Å²) in [5.74, 6) is 0.263. The lowest BCUT2D eigenvalue weighted by Gasteiger charge is -2.21. The molecule has 0 bridgehead atoms. The molecule has 1 N–H and O–H groups in total.